The summed E-state index contributed by atoms with van der Waals surface area (Å²) in [5.41, 5.74) is 2.44. The van der Waals surface area contributed by atoms with Gasteiger partial charge >= 0.3 is 6.01 Å². The molecule has 0 unspecified atom stereocenters. The molecular formula is C21H22Cl2N4O2. The number of nitrogens with one attached hydrogen (secondary N) is 1. The maximum atomic E-state index is 6.39. The van der Waals surface area contributed by atoms with Gasteiger partial charge in [-0.1, -0.05) is 31.5 Å². The normalized spacial score (nSPS) is 11.0. The fourth-order valence-electron chi connectivity index (χ4n) is 2.59. The summed E-state index contributed by atoms with van der Waals surface area (Å²) in [5, 5.41) is 0.528. The van der Waals surface area contributed by atoms with E-state index >= 15 is 0 Å². The molecule has 0 aliphatic heterocycles. The standard InChI is InChI=1S/C21H22Cl2N4O2/c1-13(2)12-29-16-7-5-15(6-8-16)19-25-20(27-21(26-19)28-3)17-10-14(11-24-23)4-9-18(17)22/h4-10,13,24H,11-12H2,1-3H3. The van der Waals surface area contributed by atoms with Crippen molar-refractivity contribution in [3.05, 3.63) is 53.1 Å². The SMILES string of the molecule is COc1nc(-c2ccc(OCC(C)C)cc2)nc(-c2cc(CNCl)ccc2Cl)n1. The summed E-state index contributed by atoms with van der Waals surface area (Å²) >= 11 is 12.0. The fraction of sp³-hybridized carbons (Fsp3) is 0.286. The summed E-state index contributed by atoms with van der Waals surface area (Å²) in [5.74, 6) is 2.17. The predicted octanol–water partition coefficient (Wildman–Crippen LogP) is 5.15. The van der Waals surface area contributed by atoms with Crippen LogP contribution in [0.5, 0.6) is 11.8 Å². The number of benzene rings is 2. The van der Waals surface area contributed by atoms with E-state index in [4.69, 9.17) is 32.9 Å². The molecule has 0 saturated heterocycles. The average molecular weight is 433 g/mol. The molecule has 1 heterocycles. The predicted molar refractivity (Wildman–Crippen MR) is 115 cm³/mol. The van der Waals surface area contributed by atoms with E-state index in [1.54, 1.807) is 6.07 Å². The highest BCUT2D eigenvalue weighted by atomic mass is 35.5. The Labute approximate surface area is 180 Å². The van der Waals surface area contributed by atoms with Crippen LogP contribution >= 0.6 is 23.4 Å². The molecule has 3 aromatic rings. The Morgan fingerprint density at radius 2 is 1.72 bits per heavy atom. The van der Waals surface area contributed by atoms with E-state index in [0.29, 0.717) is 41.3 Å². The summed E-state index contributed by atoms with van der Waals surface area (Å²) in [7, 11) is 1.52. The number of rotatable bonds is 8. The molecular weight excluding hydrogens is 411 g/mol. The smallest absolute Gasteiger partial charge is 0.320 e. The minimum absolute atomic E-state index is 0.210. The van der Waals surface area contributed by atoms with Gasteiger partial charge in [0.1, 0.15) is 5.75 Å². The molecule has 0 fully saturated rings. The van der Waals surface area contributed by atoms with Crippen LogP contribution in [-0.4, -0.2) is 28.7 Å². The first-order valence-electron chi connectivity index (χ1n) is 9.15. The van der Waals surface area contributed by atoms with Crippen LogP contribution in [0.15, 0.2) is 42.5 Å². The van der Waals surface area contributed by atoms with E-state index in [1.165, 1.54) is 7.11 Å². The highest BCUT2D eigenvalue weighted by molar-refractivity contribution is 6.33. The van der Waals surface area contributed by atoms with Crippen LogP contribution < -0.4 is 14.3 Å². The molecule has 0 atom stereocenters. The Hall–Kier alpha value is -2.41. The first-order valence-corrected chi connectivity index (χ1v) is 9.91. The van der Waals surface area contributed by atoms with Crippen LogP contribution in [0.2, 0.25) is 5.02 Å². The molecule has 1 aromatic heterocycles. The Balaban J connectivity index is 1.97. The van der Waals surface area contributed by atoms with Gasteiger partial charge in [0.05, 0.1) is 18.7 Å². The molecule has 0 saturated carbocycles. The summed E-state index contributed by atoms with van der Waals surface area (Å²) in [6.45, 7) is 5.36. The van der Waals surface area contributed by atoms with E-state index in [9.17, 15) is 0 Å². The van der Waals surface area contributed by atoms with Crippen molar-refractivity contribution in [3.63, 3.8) is 0 Å². The van der Waals surface area contributed by atoms with Gasteiger partial charge < -0.3 is 9.47 Å². The monoisotopic (exact) mass is 432 g/mol. The topological polar surface area (TPSA) is 69.2 Å². The van der Waals surface area contributed by atoms with Gasteiger partial charge in [-0.3, -0.25) is 0 Å². The minimum atomic E-state index is 0.210. The van der Waals surface area contributed by atoms with Crippen molar-refractivity contribution in [2.45, 2.75) is 20.4 Å². The first-order chi connectivity index (χ1) is 14.0. The summed E-state index contributed by atoms with van der Waals surface area (Å²) < 4.78 is 11.0. The van der Waals surface area contributed by atoms with Gasteiger partial charge in [-0.05, 0) is 59.7 Å². The first kappa shape index (κ1) is 21.3. The lowest BCUT2D eigenvalue weighted by atomic mass is 10.1. The Bertz CT molecular complexity index is 965. The van der Waals surface area contributed by atoms with E-state index in [-0.39, 0.29) is 6.01 Å². The molecule has 1 N–H and O–H groups in total. The number of nitrogens with zero attached hydrogens (tertiary/aromatic N) is 3. The maximum absolute atomic E-state index is 6.39. The lowest BCUT2D eigenvalue weighted by Gasteiger charge is -2.11. The average Bonchev–Trinajstić information content (AvgIpc) is 2.73. The number of hydrogen-bond acceptors (Lipinski definition) is 6. The Morgan fingerprint density at radius 3 is 2.38 bits per heavy atom. The third kappa shape index (κ3) is 5.56. The summed E-state index contributed by atoms with van der Waals surface area (Å²) in [4.78, 5) is 16.0. The van der Waals surface area contributed by atoms with Crippen molar-refractivity contribution >= 4 is 23.4 Å². The lowest BCUT2D eigenvalue weighted by Crippen LogP contribution is -2.04. The van der Waals surface area contributed by atoms with Gasteiger partial charge in [-0.15, -0.1) is 0 Å². The number of ether oxygens (including phenoxy) is 2. The van der Waals surface area contributed by atoms with Crippen molar-refractivity contribution < 1.29 is 9.47 Å². The van der Waals surface area contributed by atoms with Crippen LogP contribution in [0.4, 0.5) is 0 Å². The number of hydrogen-bond donors (Lipinski definition) is 1. The largest absolute Gasteiger partial charge is 0.493 e. The molecule has 0 aliphatic rings. The highest BCUT2D eigenvalue weighted by Gasteiger charge is 2.14. The number of halogens is 2. The Morgan fingerprint density at radius 1 is 1.00 bits per heavy atom. The molecule has 3 rings (SSSR count). The second-order valence-corrected chi connectivity index (χ2v) is 7.50. The van der Waals surface area contributed by atoms with Crippen molar-refractivity contribution in [3.8, 4) is 34.5 Å². The molecule has 0 spiro atoms. The van der Waals surface area contributed by atoms with Crippen molar-refractivity contribution in [2.75, 3.05) is 13.7 Å². The maximum Gasteiger partial charge on any atom is 0.320 e. The van der Waals surface area contributed by atoms with Crippen molar-refractivity contribution in [1.82, 2.24) is 19.8 Å². The molecule has 8 heteroatoms. The minimum Gasteiger partial charge on any atom is -0.493 e. The number of aromatic nitrogens is 3. The fourth-order valence-corrected chi connectivity index (χ4v) is 2.95. The van der Waals surface area contributed by atoms with Crippen molar-refractivity contribution in [1.29, 1.82) is 0 Å². The molecule has 2 aromatic carbocycles. The van der Waals surface area contributed by atoms with E-state index in [1.807, 2.05) is 36.4 Å². The van der Waals surface area contributed by atoms with Gasteiger partial charge in [-0.2, -0.15) is 9.97 Å². The van der Waals surface area contributed by atoms with E-state index < -0.39 is 0 Å². The lowest BCUT2D eigenvalue weighted by molar-refractivity contribution is 0.271. The van der Waals surface area contributed by atoms with Gasteiger partial charge in [-0.25, -0.2) is 9.82 Å². The number of methoxy groups -OCH3 is 1. The van der Waals surface area contributed by atoms with Crippen molar-refractivity contribution in [2.24, 2.45) is 5.92 Å². The highest BCUT2D eigenvalue weighted by Crippen LogP contribution is 2.29. The molecule has 6 nitrogen and oxygen atoms in total. The van der Waals surface area contributed by atoms with Crippen LogP contribution in [-0.2, 0) is 6.54 Å². The zero-order chi connectivity index (χ0) is 20.8. The molecule has 0 aliphatic carbocycles. The molecule has 0 bridgehead atoms. The molecule has 0 amide bonds. The van der Waals surface area contributed by atoms with Crippen LogP contribution in [0.25, 0.3) is 22.8 Å². The van der Waals surface area contributed by atoms with E-state index in [2.05, 4.69) is 33.6 Å². The Kier molecular flexibility index (Phi) is 7.25. The van der Waals surface area contributed by atoms with Gasteiger partial charge in [0, 0.05) is 17.7 Å². The zero-order valence-corrected chi connectivity index (χ0v) is 18.0. The second kappa shape index (κ2) is 9.87. The van der Waals surface area contributed by atoms with Gasteiger partial charge in [0.25, 0.3) is 0 Å². The van der Waals surface area contributed by atoms with Gasteiger partial charge in [0.2, 0.25) is 0 Å². The molecule has 152 valence electrons. The molecule has 29 heavy (non-hydrogen) atoms. The quantitative estimate of drug-likeness (QED) is 0.496. The van der Waals surface area contributed by atoms with Gasteiger partial charge in [0.15, 0.2) is 11.6 Å². The third-order valence-corrected chi connectivity index (χ3v) is 4.50. The van der Waals surface area contributed by atoms with Crippen LogP contribution in [0.3, 0.4) is 0 Å². The summed E-state index contributed by atoms with van der Waals surface area (Å²) in [6, 6.07) is 13.4. The summed E-state index contributed by atoms with van der Waals surface area (Å²) in [6.07, 6.45) is 0. The van der Waals surface area contributed by atoms with E-state index in [0.717, 1.165) is 16.9 Å². The van der Waals surface area contributed by atoms with Crippen LogP contribution in [0.1, 0.15) is 19.4 Å². The second-order valence-electron chi connectivity index (χ2n) is 6.82. The third-order valence-electron chi connectivity index (χ3n) is 4.04. The zero-order valence-electron chi connectivity index (χ0n) is 16.4. The van der Waals surface area contributed by atoms with Crippen LogP contribution in [0, 0.1) is 5.92 Å². The molecule has 0 radical (unpaired) electrons.